The van der Waals surface area contributed by atoms with Gasteiger partial charge in [-0.1, -0.05) is 12.1 Å². The second-order valence-electron chi connectivity index (χ2n) is 6.87. The molecule has 9 heteroatoms. The lowest BCUT2D eigenvalue weighted by Gasteiger charge is -2.11. The van der Waals surface area contributed by atoms with Gasteiger partial charge in [-0.3, -0.25) is 0 Å². The van der Waals surface area contributed by atoms with E-state index in [1.54, 1.807) is 72.8 Å². The first-order chi connectivity index (χ1) is 15.8. The Labute approximate surface area is 191 Å². The van der Waals surface area contributed by atoms with Crippen LogP contribution < -0.4 is 29.3 Å². The summed E-state index contributed by atoms with van der Waals surface area (Å²) in [6.45, 7) is 0. The van der Waals surface area contributed by atoms with Crippen molar-refractivity contribution >= 4 is 21.8 Å². The van der Waals surface area contributed by atoms with E-state index in [1.165, 1.54) is 24.3 Å². The van der Waals surface area contributed by atoms with Crippen LogP contribution in [0.15, 0.2) is 97.1 Å². The number of benzene rings is 4. The quantitative estimate of drug-likeness (QED) is 0.344. The molecule has 8 nitrogen and oxygen atoms in total. The van der Waals surface area contributed by atoms with Crippen LogP contribution in [0.2, 0.25) is 0 Å². The maximum Gasteiger partial charge on any atom is 0.500 e. The smallest absolute Gasteiger partial charge is 0.457 e. The number of hydrogen-bond acceptors (Lipinski definition) is 8. The molecular weight excluding hydrogens is 444 g/mol. The van der Waals surface area contributed by atoms with Gasteiger partial charge in [0.25, 0.3) is 0 Å². The van der Waals surface area contributed by atoms with Crippen LogP contribution in [0.1, 0.15) is 0 Å². The fourth-order valence-corrected chi connectivity index (χ4v) is 3.49. The van der Waals surface area contributed by atoms with E-state index in [4.69, 9.17) is 29.3 Å². The molecule has 0 radical (unpaired) electrons. The van der Waals surface area contributed by atoms with E-state index < -0.39 is 10.4 Å². The molecule has 4 aromatic rings. The first-order valence-corrected chi connectivity index (χ1v) is 11.1. The normalized spacial score (nSPS) is 10.9. The largest absolute Gasteiger partial charge is 0.500 e. The van der Waals surface area contributed by atoms with E-state index in [1.807, 2.05) is 0 Å². The molecular formula is C24H20N2O6S. The first kappa shape index (κ1) is 21.8. The highest BCUT2D eigenvalue weighted by Crippen LogP contribution is 2.29. The molecule has 0 saturated heterocycles. The number of hydrogen-bond donors (Lipinski definition) is 2. The zero-order valence-electron chi connectivity index (χ0n) is 17.3. The van der Waals surface area contributed by atoms with Gasteiger partial charge in [0.15, 0.2) is 0 Å². The molecule has 4 aromatic carbocycles. The Hall–Kier alpha value is -4.37. The van der Waals surface area contributed by atoms with Crippen LogP contribution in [-0.2, 0) is 10.4 Å². The Morgan fingerprint density at radius 2 is 0.848 bits per heavy atom. The maximum absolute atomic E-state index is 12.4. The second-order valence-corrected chi connectivity index (χ2v) is 8.02. The van der Waals surface area contributed by atoms with Gasteiger partial charge >= 0.3 is 10.4 Å². The Morgan fingerprint density at radius 1 is 0.485 bits per heavy atom. The van der Waals surface area contributed by atoms with E-state index in [0.29, 0.717) is 34.4 Å². The summed E-state index contributed by atoms with van der Waals surface area (Å²) in [5, 5.41) is 0. The van der Waals surface area contributed by atoms with E-state index in [-0.39, 0.29) is 11.5 Å². The van der Waals surface area contributed by atoms with Crippen molar-refractivity contribution in [2.24, 2.45) is 0 Å². The van der Waals surface area contributed by atoms with Gasteiger partial charge in [-0.05, 0) is 72.8 Å². The summed E-state index contributed by atoms with van der Waals surface area (Å²) >= 11 is 0. The highest BCUT2D eigenvalue weighted by Gasteiger charge is 2.17. The molecule has 0 aliphatic carbocycles. The fraction of sp³-hybridized carbons (Fsp3) is 0. The van der Waals surface area contributed by atoms with Crippen LogP contribution in [0.4, 0.5) is 11.4 Å². The van der Waals surface area contributed by atoms with Crippen LogP contribution >= 0.6 is 0 Å². The van der Waals surface area contributed by atoms with Crippen LogP contribution in [0.5, 0.6) is 34.5 Å². The van der Waals surface area contributed by atoms with Gasteiger partial charge in [-0.2, -0.15) is 0 Å². The lowest BCUT2D eigenvalue weighted by atomic mass is 10.3. The molecule has 0 aromatic heterocycles. The summed E-state index contributed by atoms with van der Waals surface area (Å²) < 4.78 is 46.4. The first-order valence-electron chi connectivity index (χ1n) is 9.75. The summed E-state index contributed by atoms with van der Waals surface area (Å²) in [6, 6.07) is 25.9. The summed E-state index contributed by atoms with van der Waals surface area (Å²) in [7, 11) is -4.42. The fourth-order valence-electron chi connectivity index (χ4n) is 2.78. The third kappa shape index (κ3) is 6.31. The molecule has 0 fully saturated rings. The standard InChI is InChI=1S/C24H20N2O6S/c25-17-7-11-19(12-8-17)29-21-3-1-5-23(15-21)31-33(27,28)32-24-6-2-4-22(16-24)30-20-13-9-18(26)10-14-20/h1-16H,25-26H2. The number of ether oxygens (including phenoxy) is 2. The molecule has 0 saturated carbocycles. The molecule has 168 valence electrons. The van der Waals surface area contributed by atoms with Gasteiger partial charge in [0.2, 0.25) is 0 Å². The Bertz CT molecular complexity index is 1240. The average molecular weight is 464 g/mol. The van der Waals surface area contributed by atoms with E-state index in [0.717, 1.165) is 0 Å². The molecule has 4 rings (SSSR count). The number of nitrogens with two attached hydrogens (primary N) is 2. The summed E-state index contributed by atoms with van der Waals surface area (Å²) in [4.78, 5) is 0. The van der Waals surface area contributed by atoms with Crippen LogP contribution in [0.25, 0.3) is 0 Å². The van der Waals surface area contributed by atoms with Gasteiger partial charge in [-0.15, -0.1) is 8.42 Å². The molecule has 4 N–H and O–H groups in total. The second kappa shape index (κ2) is 9.41. The Balaban J connectivity index is 1.43. The van der Waals surface area contributed by atoms with E-state index in [2.05, 4.69) is 0 Å². The zero-order valence-corrected chi connectivity index (χ0v) is 18.1. The molecule has 0 spiro atoms. The van der Waals surface area contributed by atoms with Gasteiger partial charge in [0.05, 0.1) is 0 Å². The van der Waals surface area contributed by atoms with Crippen molar-refractivity contribution in [1.29, 1.82) is 0 Å². The van der Waals surface area contributed by atoms with Crippen LogP contribution in [-0.4, -0.2) is 8.42 Å². The van der Waals surface area contributed by atoms with Crippen molar-refractivity contribution in [2.45, 2.75) is 0 Å². The Kier molecular flexibility index (Phi) is 6.23. The topological polar surface area (TPSA) is 123 Å². The van der Waals surface area contributed by atoms with Crippen molar-refractivity contribution in [1.82, 2.24) is 0 Å². The van der Waals surface area contributed by atoms with Crippen molar-refractivity contribution in [3.05, 3.63) is 97.1 Å². The van der Waals surface area contributed by atoms with E-state index in [9.17, 15) is 8.42 Å². The number of rotatable bonds is 8. The van der Waals surface area contributed by atoms with Gasteiger partial charge in [-0.25, -0.2) is 0 Å². The minimum atomic E-state index is -4.42. The summed E-state index contributed by atoms with van der Waals surface area (Å²) in [5.41, 5.74) is 12.5. The molecule has 0 heterocycles. The minimum Gasteiger partial charge on any atom is -0.457 e. The molecule has 0 unspecified atom stereocenters. The predicted octanol–water partition coefficient (Wildman–Crippen LogP) is 5.14. The van der Waals surface area contributed by atoms with Crippen LogP contribution in [0, 0.1) is 0 Å². The number of anilines is 2. The molecule has 33 heavy (non-hydrogen) atoms. The molecule has 0 atom stereocenters. The van der Waals surface area contributed by atoms with Gasteiger partial charge in [0.1, 0.15) is 34.5 Å². The van der Waals surface area contributed by atoms with Gasteiger partial charge < -0.3 is 29.3 Å². The van der Waals surface area contributed by atoms with Gasteiger partial charge in [0, 0.05) is 23.5 Å². The molecule has 0 amide bonds. The SMILES string of the molecule is Nc1ccc(Oc2cccc(OS(=O)(=O)Oc3cccc(Oc4ccc(N)cc4)c3)c2)cc1. The highest BCUT2D eigenvalue weighted by atomic mass is 32.3. The average Bonchev–Trinajstić information content (AvgIpc) is 2.77. The van der Waals surface area contributed by atoms with Crippen molar-refractivity contribution in [2.75, 3.05) is 11.5 Å². The lowest BCUT2D eigenvalue weighted by Crippen LogP contribution is -2.16. The van der Waals surface area contributed by atoms with Crippen molar-refractivity contribution < 1.29 is 26.3 Å². The number of nitrogen functional groups attached to an aromatic ring is 2. The monoisotopic (exact) mass is 464 g/mol. The highest BCUT2D eigenvalue weighted by molar-refractivity contribution is 7.82. The predicted molar refractivity (Wildman–Crippen MR) is 125 cm³/mol. The summed E-state index contributed by atoms with van der Waals surface area (Å²) in [5.74, 6) is 1.89. The molecule has 0 aliphatic rings. The molecule has 0 aliphatic heterocycles. The van der Waals surface area contributed by atoms with Crippen LogP contribution in [0.3, 0.4) is 0 Å². The van der Waals surface area contributed by atoms with Crippen molar-refractivity contribution in [3.8, 4) is 34.5 Å². The lowest BCUT2D eigenvalue weighted by molar-refractivity contribution is 0.390. The maximum atomic E-state index is 12.4. The zero-order chi connectivity index (χ0) is 23.3. The third-order valence-electron chi connectivity index (χ3n) is 4.24. The van der Waals surface area contributed by atoms with E-state index >= 15 is 0 Å². The summed E-state index contributed by atoms with van der Waals surface area (Å²) in [6.07, 6.45) is 0. The third-order valence-corrected chi connectivity index (χ3v) is 5.03. The van der Waals surface area contributed by atoms with Crippen molar-refractivity contribution in [3.63, 3.8) is 0 Å². The Morgan fingerprint density at radius 3 is 1.24 bits per heavy atom. The minimum absolute atomic E-state index is 0.0252. The molecule has 0 bridgehead atoms.